The van der Waals surface area contributed by atoms with Crippen LogP contribution < -0.4 is 5.32 Å². The molecule has 18 heavy (non-hydrogen) atoms. The molecule has 2 aliphatic carbocycles. The van der Waals surface area contributed by atoms with Crippen molar-refractivity contribution in [2.24, 2.45) is 17.8 Å². The van der Waals surface area contributed by atoms with Crippen molar-refractivity contribution in [2.45, 2.75) is 32.1 Å². The Balaban J connectivity index is 1.51. The fourth-order valence-electron chi connectivity index (χ4n) is 3.66. The minimum Gasteiger partial charge on any atom is -0.368 e. The van der Waals surface area contributed by atoms with E-state index in [0.29, 0.717) is 11.5 Å². The van der Waals surface area contributed by atoms with Gasteiger partial charge in [0.1, 0.15) is 6.07 Å². The van der Waals surface area contributed by atoms with E-state index in [1.807, 2.05) is 0 Å². The smallest absolute Gasteiger partial charge is 0.182 e. The third-order valence-electron chi connectivity index (χ3n) is 4.50. The highest BCUT2D eigenvalue weighted by Gasteiger charge is 2.38. The van der Waals surface area contributed by atoms with Crippen molar-refractivity contribution >= 4 is 5.82 Å². The molecular formula is C14H18N4. The third-order valence-corrected chi connectivity index (χ3v) is 4.50. The molecule has 1 aromatic heterocycles. The summed E-state index contributed by atoms with van der Waals surface area (Å²) in [7, 11) is 0. The van der Waals surface area contributed by atoms with Gasteiger partial charge in [0.05, 0.1) is 0 Å². The zero-order chi connectivity index (χ0) is 12.4. The van der Waals surface area contributed by atoms with Gasteiger partial charge in [-0.1, -0.05) is 6.42 Å². The lowest BCUT2D eigenvalue weighted by molar-refractivity contribution is 0.321. The lowest BCUT2D eigenvalue weighted by Crippen LogP contribution is -2.16. The Morgan fingerprint density at radius 2 is 2.17 bits per heavy atom. The van der Waals surface area contributed by atoms with Crippen LogP contribution in [0.15, 0.2) is 12.4 Å². The summed E-state index contributed by atoms with van der Waals surface area (Å²) in [5.74, 6) is 3.49. The molecular weight excluding hydrogens is 224 g/mol. The van der Waals surface area contributed by atoms with Crippen LogP contribution in [0.3, 0.4) is 0 Å². The summed E-state index contributed by atoms with van der Waals surface area (Å²) in [6.07, 6.45) is 10.1. The number of hydrogen-bond donors (Lipinski definition) is 1. The molecule has 0 spiro atoms. The molecule has 0 aliphatic heterocycles. The maximum atomic E-state index is 8.92. The molecule has 1 N–H and O–H groups in total. The summed E-state index contributed by atoms with van der Waals surface area (Å²) in [5, 5.41) is 12.2. The average molecular weight is 242 g/mol. The number of aromatic nitrogens is 2. The zero-order valence-electron chi connectivity index (χ0n) is 10.5. The van der Waals surface area contributed by atoms with E-state index in [2.05, 4.69) is 21.4 Å². The van der Waals surface area contributed by atoms with Gasteiger partial charge in [0.15, 0.2) is 11.5 Å². The average Bonchev–Trinajstić information content (AvgIpc) is 3.02. The predicted molar refractivity (Wildman–Crippen MR) is 68.8 cm³/mol. The van der Waals surface area contributed by atoms with Crippen LogP contribution in [-0.4, -0.2) is 16.5 Å². The summed E-state index contributed by atoms with van der Waals surface area (Å²) in [5.41, 5.74) is 0.394. The van der Waals surface area contributed by atoms with Crippen LogP contribution >= 0.6 is 0 Å². The Bertz CT molecular complexity index is 465. The van der Waals surface area contributed by atoms with E-state index in [1.165, 1.54) is 32.1 Å². The van der Waals surface area contributed by atoms with Crippen LogP contribution in [0.1, 0.15) is 37.8 Å². The lowest BCUT2D eigenvalue weighted by atomic mass is 9.86. The van der Waals surface area contributed by atoms with E-state index in [4.69, 9.17) is 5.26 Å². The molecule has 2 saturated carbocycles. The molecule has 1 heterocycles. The highest BCUT2D eigenvalue weighted by Crippen LogP contribution is 2.49. The van der Waals surface area contributed by atoms with E-state index in [1.54, 1.807) is 12.4 Å². The second-order valence-electron chi connectivity index (χ2n) is 5.52. The summed E-state index contributed by atoms with van der Waals surface area (Å²) in [6, 6.07) is 2.06. The van der Waals surface area contributed by atoms with Crippen molar-refractivity contribution in [1.82, 2.24) is 9.97 Å². The van der Waals surface area contributed by atoms with Gasteiger partial charge in [-0.2, -0.15) is 5.26 Å². The molecule has 3 atom stereocenters. The van der Waals surface area contributed by atoms with Gasteiger partial charge in [0.25, 0.3) is 0 Å². The van der Waals surface area contributed by atoms with E-state index in [0.717, 1.165) is 24.3 Å². The Morgan fingerprint density at radius 1 is 1.28 bits per heavy atom. The Hall–Kier alpha value is -1.63. The number of rotatable bonds is 4. The minimum absolute atomic E-state index is 0.394. The van der Waals surface area contributed by atoms with Gasteiger partial charge < -0.3 is 5.32 Å². The van der Waals surface area contributed by atoms with E-state index >= 15 is 0 Å². The molecule has 3 unspecified atom stereocenters. The first kappa shape index (κ1) is 11.5. The molecule has 94 valence electrons. The molecule has 4 heteroatoms. The van der Waals surface area contributed by atoms with Crippen LogP contribution in [0.4, 0.5) is 5.82 Å². The number of nitrogens with zero attached hydrogens (tertiary/aromatic N) is 3. The predicted octanol–water partition coefficient (Wildman–Crippen LogP) is 2.59. The molecule has 2 aliphatic rings. The van der Waals surface area contributed by atoms with Crippen LogP contribution in [0.5, 0.6) is 0 Å². The van der Waals surface area contributed by atoms with Crippen molar-refractivity contribution in [1.29, 1.82) is 5.26 Å². The zero-order valence-corrected chi connectivity index (χ0v) is 10.5. The van der Waals surface area contributed by atoms with Gasteiger partial charge in [0.2, 0.25) is 0 Å². The monoisotopic (exact) mass is 242 g/mol. The lowest BCUT2D eigenvalue weighted by Gasteiger charge is -2.21. The highest BCUT2D eigenvalue weighted by atomic mass is 15.0. The first-order valence-corrected chi connectivity index (χ1v) is 6.82. The standard InChI is InChI=1S/C14H18N4/c15-9-13-14(18-6-5-16-13)17-4-3-12-8-10-1-2-11(12)7-10/h5-6,10-12H,1-4,7-8H2,(H,17,18). The molecule has 3 rings (SSSR count). The summed E-state index contributed by atoms with van der Waals surface area (Å²) in [6.45, 7) is 0.904. The Labute approximate surface area is 107 Å². The number of hydrogen-bond acceptors (Lipinski definition) is 4. The number of nitrogens with one attached hydrogen (secondary N) is 1. The van der Waals surface area contributed by atoms with Crippen LogP contribution in [-0.2, 0) is 0 Å². The first-order chi connectivity index (χ1) is 8.86. The Morgan fingerprint density at radius 3 is 2.89 bits per heavy atom. The molecule has 1 aromatic rings. The fraction of sp³-hybridized carbons (Fsp3) is 0.643. The number of nitriles is 1. The number of fused-ring (bicyclic) bond motifs is 2. The molecule has 4 nitrogen and oxygen atoms in total. The molecule has 0 saturated heterocycles. The molecule has 0 radical (unpaired) electrons. The summed E-state index contributed by atoms with van der Waals surface area (Å²) in [4.78, 5) is 8.17. The number of anilines is 1. The van der Waals surface area contributed by atoms with Gasteiger partial charge >= 0.3 is 0 Å². The first-order valence-electron chi connectivity index (χ1n) is 6.82. The summed E-state index contributed by atoms with van der Waals surface area (Å²) < 4.78 is 0. The molecule has 0 amide bonds. The minimum atomic E-state index is 0.394. The van der Waals surface area contributed by atoms with Crippen molar-refractivity contribution in [3.8, 4) is 6.07 Å². The van der Waals surface area contributed by atoms with Crippen LogP contribution in [0.25, 0.3) is 0 Å². The normalized spacial score (nSPS) is 29.2. The second-order valence-corrected chi connectivity index (χ2v) is 5.52. The SMILES string of the molecule is N#Cc1nccnc1NCCC1CC2CCC1C2. The van der Waals surface area contributed by atoms with Gasteiger partial charge in [0, 0.05) is 18.9 Å². The maximum absolute atomic E-state index is 8.92. The van der Waals surface area contributed by atoms with Crippen molar-refractivity contribution in [2.75, 3.05) is 11.9 Å². The van der Waals surface area contributed by atoms with Crippen LogP contribution in [0.2, 0.25) is 0 Å². The van der Waals surface area contributed by atoms with E-state index in [9.17, 15) is 0 Å². The van der Waals surface area contributed by atoms with Crippen LogP contribution in [0, 0.1) is 29.1 Å². The van der Waals surface area contributed by atoms with Gasteiger partial charge in [-0.25, -0.2) is 9.97 Å². The van der Waals surface area contributed by atoms with E-state index in [-0.39, 0.29) is 0 Å². The van der Waals surface area contributed by atoms with Gasteiger partial charge in [-0.15, -0.1) is 0 Å². The fourth-order valence-corrected chi connectivity index (χ4v) is 3.66. The van der Waals surface area contributed by atoms with E-state index < -0.39 is 0 Å². The third kappa shape index (κ3) is 2.17. The topological polar surface area (TPSA) is 61.6 Å². The van der Waals surface area contributed by atoms with Crippen molar-refractivity contribution < 1.29 is 0 Å². The molecule has 2 fully saturated rings. The van der Waals surface area contributed by atoms with Crippen molar-refractivity contribution in [3.05, 3.63) is 18.1 Å². The van der Waals surface area contributed by atoms with Gasteiger partial charge in [-0.3, -0.25) is 0 Å². The molecule has 0 aromatic carbocycles. The summed E-state index contributed by atoms with van der Waals surface area (Å²) >= 11 is 0. The van der Waals surface area contributed by atoms with Gasteiger partial charge in [-0.05, 0) is 43.4 Å². The largest absolute Gasteiger partial charge is 0.368 e. The quantitative estimate of drug-likeness (QED) is 0.881. The molecule has 2 bridgehead atoms. The van der Waals surface area contributed by atoms with Crippen molar-refractivity contribution in [3.63, 3.8) is 0 Å². The Kier molecular flexibility index (Phi) is 3.14. The highest BCUT2D eigenvalue weighted by molar-refractivity contribution is 5.46. The maximum Gasteiger partial charge on any atom is 0.182 e. The second kappa shape index (κ2) is 4.93.